The summed E-state index contributed by atoms with van der Waals surface area (Å²) in [5, 5.41) is 10.3. The number of benzene rings is 1. The van der Waals surface area contributed by atoms with Crippen LogP contribution in [-0.4, -0.2) is 65.4 Å². The highest BCUT2D eigenvalue weighted by Crippen LogP contribution is 2.32. The largest absolute Gasteiger partial charge is 0.338 e. The lowest BCUT2D eigenvalue weighted by atomic mass is 10.3. The van der Waals surface area contributed by atoms with Crippen molar-refractivity contribution in [1.82, 2.24) is 20.1 Å². The summed E-state index contributed by atoms with van der Waals surface area (Å²) in [7, 11) is 2.14. The second-order valence-electron chi connectivity index (χ2n) is 7.38. The first-order valence-corrected chi connectivity index (χ1v) is 13.1. The third-order valence-electron chi connectivity index (χ3n) is 5.03. The number of thiophene rings is 1. The molecule has 4 heterocycles. The lowest BCUT2D eigenvalue weighted by Gasteiger charge is -2.35. The highest BCUT2D eigenvalue weighted by molar-refractivity contribution is 8.00. The molecule has 0 bridgehead atoms. The van der Waals surface area contributed by atoms with Crippen molar-refractivity contribution in [3.8, 4) is 9.75 Å². The number of likely N-dealkylation sites (N-methyl/N-ethyl adjacent to an activating group) is 1. The Hall–Kier alpha value is -2.11. The van der Waals surface area contributed by atoms with Crippen LogP contribution in [0.3, 0.4) is 0 Å². The van der Waals surface area contributed by atoms with E-state index in [1.807, 2.05) is 30.5 Å². The first kappa shape index (κ1) is 21.7. The van der Waals surface area contributed by atoms with Crippen LogP contribution in [0.25, 0.3) is 9.75 Å². The van der Waals surface area contributed by atoms with Gasteiger partial charge in [0.15, 0.2) is 10.6 Å². The summed E-state index contributed by atoms with van der Waals surface area (Å²) in [5.41, 5.74) is -0.222. The van der Waals surface area contributed by atoms with Crippen molar-refractivity contribution < 1.29 is 0 Å². The molecule has 1 unspecified atom stereocenters. The number of aliphatic imine (C=N–C) groups is 2. The van der Waals surface area contributed by atoms with Gasteiger partial charge in [0.05, 0.1) is 4.88 Å². The minimum atomic E-state index is -0.222. The van der Waals surface area contributed by atoms with Crippen LogP contribution >= 0.6 is 46.0 Å². The maximum atomic E-state index is 6.18. The van der Waals surface area contributed by atoms with Gasteiger partial charge in [-0.3, -0.25) is 0 Å². The fraction of sp³-hybridized carbons (Fsp3) is 0.286. The van der Waals surface area contributed by atoms with E-state index in [-0.39, 0.29) is 5.50 Å². The van der Waals surface area contributed by atoms with E-state index < -0.39 is 0 Å². The molecule has 1 fully saturated rings. The quantitative estimate of drug-likeness (QED) is 0.543. The third-order valence-corrected chi connectivity index (χ3v) is 8.22. The maximum Gasteiger partial charge on any atom is 0.226 e. The molecule has 1 saturated heterocycles. The van der Waals surface area contributed by atoms with Crippen LogP contribution in [0.2, 0.25) is 5.02 Å². The van der Waals surface area contributed by atoms with Crippen molar-refractivity contribution in [2.24, 2.45) is 9.98 Å². The van der Waals surface area contributed by atoms with Gasteiger partial charge >= 0.3 is 0 Å². The number of anilines is 1. The van der Waals surface area contributed by atoms with Crippen molar-refractivity contribution in [3.05, 3.63) is 53.0 Å². The van der Waals surface area contributed by atoms with E-state index in [1.54, 1.807) is 34.4 Å². The number of nitrogens with zero attached hydrogens (tertiary/aromatic N) is 5. The van der Waals surface area contributed by atoms with Crippen molar-refractivity contribution in [3.63, 3.8) is 0 Å². The molecule has 2 N–H and O–H groups in total. The number of thiazole rings is 1. The molecule has 1 atom stereocenters. The molecular formula is C21H22ClN7S3. The molecule has 5 rings (SSSR count). The molecule has 0 saturated carbocycles. The first-order chi connectivity index (χ1) is 15.6. The smallest absolute Gasteiger partial charge is 0.226 e. The van der Waals surface area contributed by atoms with Crippen LogP contribution in [-0.2, 0) is 0 Å². The number of piperazine rings is 1. The van der Waals surface area contributed by atoms with E-state index in [2.05, 4.69) is 50.0 Å². The van der Waals surface area contributed by atoms with Gasteiger partial charge in [-0.25, -0.2) is 9.98 Å². The average Bonchev–Trinajstić information content (AvgIpc) is 3.46. The highest BCUT2D eigenvalue weighted by Gasteiger charge is 2.25. The van der Waals surface area contributed by atoms with Gasteiger partial charge in [-0.1, -0.05) is 46.8 Å². The van der Waals surface area contributed by atoms with E-state index >= 15 is 0 Å². The molecular weight excluding hydrogens is 482 g/mol. The maximum absolute atomic E-state index is 6.18. The van der Waals surface area contributed by atoms with E-state index in [1.165, 1.54) is 4.88 Å². The second kappa shape index (κ2) is 9.80. The van der Waals surface area contributed by atoms with Crippen molar-refractivity contribution >= 4 is 63.1 Å². The lowest BCUT2D eigenvalue weighted by Crippen LogP contribution is -2.50. The van der Waals surface area contributed by atoms with Gasteiger partial charge in [0.2, 0.25) is 11.9 Å². The molecule has 0 radical (unpaired) electrons. The Bertz CT molecular complexity index is 1120. The number of rotatable bonds is 4. The summed E-state index contributed by atoms with van der Waals surface area (Å²) < 4.78 is 0. The molecule has 0 spiro atoms. The molecule has 2 aromatic heterocycles. The second-order valence-corrected chi connectivity index (χ2v) is 11.0. The summed E-state index contributed by atoms with van der Waals surface area (Å²) in [4.78, 5) is 22.2. The zero-order valence-corrected chi connectivity index (χ0v) is 20.6. The molecule has 11 heteroatoms. The number of guanidine groups is 2. The number of halogens is 1. The van der Waals surface area contributed by atoms with Gasteiger partial charge in [-0.15, -0.1) is 11.3 Å². The molecule has 0 aliphatic carbocycles. The zero-order chi connectivity index (χ0) is 21.9. The standard InChI is InChI=1S/C21H22ClN7S3/c1-28-7-9-29(10-8-28)19-24-18(25-20-23-13-17(32-20)16-6-3-11-30-16)26-21(27-19)31-15-5-2-4-14(22)12-15/h2-6,11-13,21H,7-10H2,1H3,(H2,23,24,25,26,27). The molecule has 1 aromatic carbocycles. The molecule has 2 aliphatic heterocycles. The molecule has 0 amide bonds. The first-order valence-electron chi connectivity index (χ1n) is 10.2. The van der Waals surface area contributed by atoms with Gasteiger partial charge in [0.25, 0.3) is 0 Å². The highest BCUT2D eigenvalue weighted by atomic mass is 35.5. The normalized spacial score (nSPS) is 19.3. The predicted octanol–water partition coefficient (Wildman–Crippen LogP) is 4.58. The van der Waals surface area contributed by atoms with Crippen molar-refractivity contribution in [1.29, 1.82) is 0 Å². The number of hydrogen-bond acceptors (Lipinski definition) is 10. The minimum Gasteiger partial charge on any atom is -0.338 e. The monoisotopic (exact) mass is 503 g/mol. The van der Waals surface area contributed by atoms with Gasteiger partial charge in [-0.2, -0.15) is 4.99 Å². The summed E-state index contributed by atoms with van der Waals surface area (Å²) in [6, 6.07) is 12.0. The Balaban J connectivity index is 1.36. The van der Waals surface area contributed by atoms with E-state index in [0.717, 1.165) is 47.0 Å². The van der Waals surface area contributed by atoms with Gasteiger partial charge in [0.1, 0.15) is 0 Å². The molecule has 7 nitrogen and oxygen atoms in total. The average molecular weight is 504 g/mol. The molecule has 32 heavy (non-hydrogen) atoms. The third kappa shape index (κ3) is 5.26. The van der Waals surface area contributed by atoms with Crippen LogP contribution in [0.15, 0.2) is 62.9 Å². The van der Waals surface area contributed by atoms with Crippen LogP contribution in [0, 0.1) is 0 Å². The van der Waals surface area contributed by atoms with Crippen LogP contribution in [0.1, 0.15) is 0 Å². The number of hydrogen-bond donors (Lipinski definition) is 2. The summed E-state index contributed by atoms with van der Waals surface area (Å²) in [6.07, 6.45) is 1.90. The van der Waals surface area contributed by atoms with E-state index in [0.29, 0.717) is 11.0 Å². The Morgan fingerprint density at radius 2 is 2.03 bits per heavy atom. The summed E-state index contributed by atoms with van der Waals surface area (Å²) >= 11 is 11.1. The fourth-order valence-corrected chi connectivity index (χ4v) is 6.15. The van der Waals surface area contributed by atoms with Gasteiger partial charge < -0.3 is 20.4 Å². The predicted molar refractivity (Wildman–Crippen MR) is 137 cm³/mol. The Morgan fingerprint density at radius 1 is 1.16 bits per heavy atom. The van der Waals surface area contributed by atoms with E-state index in [9.17, 15) is 0 Å². The van der Waals surface area contributed by atoms with Crippen molar-refractivity contribution in [2.75, 3.05) is 38.5 Å². The molecule has 166 valence electrons. The number of aromatic nitrogens is 1. The Kier molecular flexibility index (Phi) is 6.65. The van der Waals surface area contributed by atoms with Crippen LogP contribution in [0.5, 0.6) is 0 Å². The van der Waals surface area contributed by atoms with Crippen LogP contribution < -0.4 is 10.6 Å². The Morgan fingerprint density at radius 3 is 2.81 bits per heavy atom. The SMILES string of the molecule is CN1CCN(C2=NC(Sc3cccc(Cl)c3)NC(Nc3ncc(-c4cccs4)s3)=N2)CC1. The molecule has 3 aromatic rings. The topological polar surface area (TPSA) is 68.2 Å². The van der Waals surface area contributed by atoms with Gasteiger partial charge in [0, 0.05) is 47.2 Å². The fourth-order valence-electron chi connectivity index (χ4n) is 3.33. The number of nitrogens with one attached hydrogen (secondary N) is 2. The summed E-state index contributed by atoms with van der Waals surface area (Å²) in [6.45, 7) is 3.79. The minimum absolute atomic E-state index is 0.222. The lowest BCUT2D eigenvalue weighted by molar-refractivity contribution is 0.213. The van der Waals surface area contributed by atoms with Crippen molar-refractivity contribution in [2.45, 2.75) is 10.4 Å². The van der Waals surface area contributed by atoms with Gasteiger partial charge in [-0.05, 0) is 36.7 Å². The molecule has 2 aliphatic rings. The summed E-state index contributed by atoms with van der Waals surface area (Å²) in [5.74, 6) is 1.40. The number of thioether (sulfide) groups is 1. The Labute approximate surface area is 204 Å². The zero-order valence-electron chi connectivity index (χ0n) is 17.4. The van der Waals surface area contributed by atoms with Crippen LogP contribution in [0.4, 0.5) is 5.13 Å². The van der Waals surface area contributed by atoms with E-state index in [4.69, 9.17) is 21.6 Å².